The summed E-state index contributed by atoms with van der Waals surface area (Å²) < 4.78 is 43.8. The topological polar surface area (TPSA) is 56.7 Å². The van der Waals surface area contributed by atoms with Gasteiger partial charge in [-0.15, -0.1) is 11.8 Å². The number of nitrogens with zero attached hydrogens (tertiary/aromatic N) is 4. The van der Waals surface area contributed by atoms with Crippen LogP contribution in [0.15, 0.2) is 70.5 Å². The SMILES string of the molecule is FC(F)(F)c1nc(-c2ccc(-n3cnc(CSc4cccc(Cl)c4)c3)cc2)no1. The third-order valence-electron chi connectivity index (χ3n) is 3.91. The first kappa shape index (κ1) is 19.5. The van der Waals surface area contributed by atoms with E-state index < -0.39 is 12.1 Å². The lowest BCUT2D eigenvalue weighted by Crippen LogP contribution is -2.04. The fourth-order valence-electron chi connectivity index (χ4n) is 2.53. The second kappa shape index (κ2) is 7.92. The van der Waals surface area contributed by atoms with Gasteiger partial charge in [0.05, 0.1) is 12.0 Å². The fourth-order valence-corrected chi connectivity index (χ4v) is 3.64. The zero-order valence-corrected chi connectivity index (χ0v) is 16.2. The highest BCUT2D eigenvalue weighted by Crippen LogP contribution is 2.30. The Bertz CT molecular complexity index is 1120. The van der Waals surface area contributed by atoms with Gasteiger partial charge >= 0.3 is 12.1 Å². The van der Waals surface area contributed by atoms with Crippen molar-refractivity contribution >= 4 is 23.4 Å². The fraction of sp³-hybridized carbons (Fsp3) is 0.105. The Morgan fingerprint density at radius 3 is 2.59 bits per heavy atom. The molecule has 29 heavy (non-hydrogen) atoms. The maximum Gasteiger partial charge on any atom is 0.471 e. The molecule has 148 valence electrons. The van der Waals surface area contributed by atoms with Crippen molar-refractivity contribution in [3.63, 3.8) is 0 Å². The smallest absolute Gasteiger partial charge is 0.329 e. The normalized spacial score (nSPS) is 11.7. The minimum Gasteiger partial charge on any atom is -0.329 e. The van der Waals surface area contributed by atoms with Gasteiger partial charge in [-0.25, -0.2) is 4.98 Å². The zero-order chi connectivity index (χ0) is 20.4. The predicted molar refractivity (Wildman–Crippen MR) is 103 cm³/mol. The Morgan fingerprint density at radius 1 is 1.10 bits per heavy atom. The molecule has 0 amide bonds. The van der Waals surface area contributed by atoms with Gasteiger partial charge in [0, 0.05) is 33.1 Å². The van der Waals surface area contributed by atoms with E-state index in [0.29, 0.717) is 16.3 Å². The molecule has 0 unspecified atom stereocenters. The molecule has 0 spiro atoms. The molecule has 0 aliphatic heterocycles. The van der Waals surface area contributed by atoms with Gasteiger partial charge in [0.15, 0.2) is 0 Å². The summed E-state index contributed by atoms with van der Waals surface area (Å²) in [5.74, 6) is -0.810. The van der Waals surface area contributed by atoms with Gasteiger partial charge in [-0.05, 0) is 42.5 Å². The van der Waals surface area contributed by atoms with E-state index in [4.69, 9.17) is 11.6 Å². The van der Waals surface area contributed by atoms with Crippen molar-refractivity contribution in [2.45, 2.75) is 16.8 Å². The molecule has 2 heterocycles. The highest BCUT2D eigenvalue weighted by Gasteiger charge is 2.38. The summed E-state index contributed by atoms with van der Waals surface area (Å²) in [5, 5.41) is 4.07. The summed E-state index contributed by atoms with van der Waals surface area (Å²) in [7, 11) is 0. The van der Waals surface area contributed by atoms with Crippen LogP contribution in [0.2, 0.25) is 5.02 Å². The van der Waals surface area contributed by atoms with E-state index in [2.05, 4.69) is 19.6 Å². The van der Waals surface area contributed by atoms with Crippen molar-refractivity contribution in [3.8, 4) is 17.1 Å². The molecule has 4 rings (SSSR count). The first-order chi connectivity index (χ1) is 13.9. The highest BCUT2D eigenvalue weighted by molar-refractivity contribution is 7.98. The zero-order valence-electron chi connectivity index (χ0n) is 14.6. The molecule has 5 nitrogen and oxygen atoms in total. The minimum absolute atomic E-state index is 0.117. The molecule has 0 bridgehead atoms. The van der Waals surface area contributed by atoms with E-state index in [0.717, 1.165) is 16.3 Å². The Balaban J connectivity index is 1.45. The van der Waals surface area contributed by atoms with E-state index in [1.807, 2.05) is 35.0 Å². The van der Waals surface area contributed by atoms with Crippen molar-refractivity contribution in [2.75, 3.05) is 0 Å². The van der Waals surface area contributed by atoms with Gasteiger partial charge in [-0.2, -0.15) is 18.2 Å². The minimum atomic E-state index is -4.67. The number of thioether (sulfide) groups is 1. The number of imidazole rings is 1. The molecule has 10 heteroatoms. The Hall–Kier alpha value is -2.78. The quantitative estimate of drug-likeness (QED) is 0.365. The number of benzene rings is 2. The lowest BCUT2D eigenvalue weighted by molar-refractivity contribution is -0.159. The molecule has 0 radical (unpaired) electrons. The van der Waals surface area contributed by atoms with E-state index in [-0.39, 0.29) is 5.82 Å². The van der Waals surface area contributed by atoms with Crippen molar-refractivity contribution in [2.24, 2.45) is 0 Å². The summed E-state index contributed by atoms with van der Waals surface area (Å²) in [5.41, 5.74) is 2.11. The Kier molecular flexibility index (Phi) is 5.33. The molecular weight excluding hydrogens is 425 g/mol. The lowest BCUT2D eigenvalue weighted by atomic mass is 10.2. The van der Waals surface area contributed by atoms with E-state index in [1.54, 1.807) is 42.4 Å². The molecule has 2 aromatic heterocycles. The average molecular weight is 437 g/mol. The second-order valence-electron chi connectivity index (χ2n) is 5.99. The monoisotopic (exact) mass is 436 g/mol. The van der Waals surface area contributed by atoms with Gasteiger partial charge in [0.1, 0.15) is 0 Å². The maximum atomic E-state index is 12.6. The number of rotatable bonds is 5. The molecule has 0 saturated carbocycles. The van der Waals surface area contributed by atoms with Gasteiger partial charge in [-0.3, -0.25) is 0 Å². The number of hydrogen-bond acceptors (Lipinski definition) is 5. The number of halogens is 4. The first-order valence-electron chi connectivity index (χ1n) is 8.31. The standard InChI is InChI=1S/C19H12ClF3N4OS/c20-13-2-1-3-16(8-13)29-10-14-9-27(11-24-14)15-6-4-12(5-7-15)17-25-18(28-26-17)19(21,22)23/h1-9,11H,10H2. The van der Waals surface area contributed by atoms with Crippen molar-refractivity contribution in [1.82, 2.24) is 19.7 Å². The van der Waals surface area contributed by atoms with Crippen molar-refractivity contribution in [3.05, 3.63) is 77.7 Å². The lowest BCUT2D eigenvalue weighted by Gasteiger charge is -2.03. The highest BCUT2D eigenvalue weighted by atomic mass is 35.5. The number of alkyl halides is 3. The van der Waals surface area contributed by atoms with Crippen LogP contribution in [0.25, 0.3) is 17.1 Å². The van der Waals surface area contributed by atoms with Crippen LogP contribution in [0.3, 0.4) is 0 Å². The summed E-state index contributed by atoms with van der Waals surface area (Å²) in [6.45, 7) is 0. The largest absolute Gasteiger partial charge is 0.471 e. The first-order valence-corrected chi connectivity index (χ1v) is 9.68. The van der Waals surface area contributed by atoms with Crippen LogP contribution in [0.4, 0.5) is 13.2 Å². The molecular formula is C19H12ClF3N4OS. The average Bonchev–Trinajstić information content (AvgIpc) is 3.36. The third-order valence-corrected chi connectivity index (χ3v) is 5.17. The molecule has 0 aliphatic carbocycles. The predicted octanol–water partition coefficient (Wildman–Crippen LogP) is 5.89. The number of hydrogen-bond donors (Lipinski definition) is 0. The van der Waals surface area contributed by atoms with E-state index in [9.17, 15) is 13.2 Å². The van der Waals surface area contributed by atoms with Crippen LogP contribution in [0, 0.1) is 0 Å². The van der Waals surface area contributed by atoms with Crippen LogP contribution in [-0.4, -0.2) is 19.7 Å². The maximum absolute atomic E-state index is 12.6. The van der Waals surface area contributed by atoms with Crippen molar-refractivity contribution < 1.29 is 17.7 Å². The van der Waals surface area contributed by atoms with Crippen LogP contribution in [0.1, 0.15) is 11.6 Å². The van der Waals surface area contributed by atoms with Crippen LogP contribution in [-0.2, 0) is 11.9 Å². The molecule has 4 aromatic rings. The van der Waals surface area contributed by atoms with Crippen molar-refractivity contribution in [1.29, 1.82) is 0 Å². The molecule has 2 aromatic carbocycles. The molecule has 0 N–H and O–H groups in total. The summed E-state index contributed by atoms with van der Waals surface area (Å²) in [4.78, 5) is 8.82. The number of aromatic nitrogens is 4. The van der Waals surface area contributed by atoms with Crippen LogP contribution < -0.4 is 0 Å². The second-order valence-corrected chi connectivity index (χ2v) is 7.47. The van der Waals surface area contributed by atoms with E-state index >= 15 is 0 Å². The molecule has 0 aliphatic rings. The Labute approximate surface area is 172 Å². The van der Waals surface area contributed by atoms with E-state index in [1.165, 1.54) is 0 Å². The molecule has 0 saturated heterocycles. The van der Waals surface area contributed by atoms with Gasteiger partial charge in [0.25, 0.3) is 0 Å². The Morgan fingerprint density at radius 2 is 1.90 bits per heavy atom. The van der Waals surface area contributed by atoms with Crippen LogP contribution >= 0.6 is 23.4 Å². The third kappa shape index (κ3) is 4.63. The van der Waals surface area contributed by atoms with Crippen LogP contribution in [0.5, 0.6) is 0 Å². The van der Waals surface area contributed by atoms with Gasteiger partial charge in [-0.1, -0.05) is 22.8 Å². The summed E-state index contributed by atoms with van der Waals surface area (Å²) in [6.07, 6.45) is -1.09. The summed E-state index contributed by atoms with van der Waals surface area (Å²) in [6, 6.07) is 14.3. The van der Waals surface area contributed by atoms with Gasteiger partial charge in [0.2, 0.25) is 5.82 Å². The van der Waals surface area contributed by atoms with Gasteiger partial charge < -0.3 is 9.09 Å². The molecule has 0 atom stereocenters. The molecule has 0 fully saturated rings. The summed E-state index contributed by atoms with van der Waals surface area (Å²) >= 11 is 7.61.